The molecule has 20 nitrogen and oxygen atoms in total. The standard InChI is InChI=1S/C25H30N10O10P2/c1-9-14(34-7-30-13-21(34)32-23(27)33-22(13)38)15(36)18-24(9,2)5-42-46(39)44-16-10(4-43-47(40,41)45-18)11-3-25(11,17(16)37)35-8-31-12-19(26)28-6-29-20(12)35/h6-11,14-18,36-37H,3-5H2,1-2H3,(H5-,26,27,28,29,32,33,38,40,41)/p+1/t9-,10+,11+,14-,15+,16-,17-,18+,24+,25-/m1/s1. The fraction of sp³-hybridized carbons (Fsp3) is 0.600. The lowest BCUT2D eigenvalue weighted by Gasteiger charge is -2.34. The second-order valence-electron chi connectivity index (χ2n) is 12.9. The average molecular weight is 694 g/mol. The maximum absolute atomic E-state index is 13.5. The highest BCUT2D eigenvalue weighted by molar-refractivity contribution is 7.47. The largest absolute Gasteiger partial charge is 0.697 e. The molecule has 0 amide bonds. The maximum Gasteiger partial charge on any atom is 0.697 e. The Morgan fingerprint density at radius 3 is 2.70 bits per heavy atom. The molecule has 3 saturated carbocycles. The van der Waals surface area contributed by atoms with Crippen LogP contribution in [0.5, 0.6) is 0 Å². The summed E-state index contributed by atoms with van der Waals surface area (Å²) in [4.78, 5) is 46.6. The molecule has 12 atom stereocenters. The van der Waals surface area contributed by atoms with E-state index in [0.717, 1.165) is 0 Å². The van der Waals surface area contributed by atoms with Crippen LogP contribution in [-0.2, 0) is 32.8 Å². The number of hydrogen-bond acceptors (Lipinski definition) is 16. The van der Waals surface area contributed by atoms with Crippen LogP contribution in [0.2, 0.25) is 0 Å². The summed E-state index contributed by atoms with van der Waals surface area (Å²) < 4.78 is 52.8. The van der Waals surface area contributed by atoms with Crippen molar-refractivity contribution in [2.45, 2.75) is 56.3 Å². The molecule has 3 aliphatic carbocycles. The van der Waals surface area contributed by atoms with E-state index in [-0.39, 0.29) is 35.5 Å². The molecule has 0 radical (unpaired) electrons. The first-order chi connectivity index (χ1) is 22.3. The molecule has 250 valence electrons. The van der Waals surface area contributed by atoms with Crippen LogP contribution in [-0.4, -0.2) is 91.8 Å². The third-order valence-electron chi connectivity index (χ3n) is 10.6. The number of rotatable bonds is 2. The number of imidazole rings is 2. The van der Waals surface area contributed by atoms with Crippen LogP contribution in [0.25, 0.3) is 22.3 Å². The van der Waals surface area contributed by atoms with Gasteiger partial charge < -0.3 is 35.7 Å². The number of aliphatic hydroxyl groups is 2. The number of nitrogens with two attached hydrogens (primary N) is 2. The Balaban J connectivity index is 1.12. The van der Waals surface area contributed by atoms with Gasteiger partial charge in [0.1, 0.15) is 42.9 Å². The van der Waals surface area contributed by atoms with Gasteiger partial charge in [0.25, 0.3) is 5.56 Å². The molecule has 0 bridgehead atoms. The van der Waals surface area contributed by atoms with E-state index in [1.165, 1.54) is 23.5 Å². The summed E-state index contributed by atoms with van der Waals surface area (Å²) in [6.07, 6.45) is -0.811. The lowest BCUT2D eigenvalue weighted by molar-refractivity contribution is -0.0614. The summed E-state index contributed by atoms with van der Waals surface area (Å²) in [5.74, 6) is -1.74. The van der Waals surface area contributed by atoms with Crippen molar-refractivity contribution in [1.82, 2.24) is 39.0 Å². The molecule has 22 heteroatoms. The highest BCUT2D eigenvalue weighted by atomic mass is 31.2. The van der Waals surface area contributed by atoms with Crippen molar-refractivity contribution in [1.29, 1.82) is 0 Å². The van der Waals surface area contributed by atoms with E-state index in [2.05, 4.69) is 29.9 Å². The number of aromatic nitrogens is 8. The van der Waals surface area contributed by atoms with E-state index in [1.54, 1.807) is 18.4 Å². The SMILES string of the molecule is C[C@@H]1[C@@H](n2cnc3c(=O)[nH]c(N)nc32)[C@H](O)[C@@H]2OP(=O)(O)OC[C@@H]3[C@@H](O[P+](=O)OC[C@@]12C)[C@@H](O)[C@@]1(n2cnc4c(N)ncnc42)C[C@@H]31. The quantitative estimate of drug-likeness (QED) is 0.150. The second-order valence-corrected chi connectivity index (χ2v) is 15.2. The Kier molecular flexibility index (Phi) is 6.75. The van der Waals surface area contributed by atoms with E-state index in [1.807, 2.05) is 0 Å². The Bertz CT molecular complexity index is 2060. The first kappa shape index (κ1) is 30.9. The molecule has 0 aromatic carbocycles. The molecule has 8 rings (SSSR count). The predicted molar refractivity (Wildman–Crippen MR) is 159 cm³/mol. The smallest absolute Gasteiger partial charge is 0.388 e. The molecule has 4 fully saturated rings. The average Bonchev–Trinajstić information content (AvgIpc) is 3.22. The van der Waals surface area contributed by atoms with Gasteiger partial charge in [0.2, 0.25) is 5.95 Å². The van der Waals surface area contributed by atoms with E-state index < -0.39 is 81.5 Å². The van der Waals surface area contributed by atoms with Crippen molar-refractivity contribution < 1.29 is 42.3 Å². The second kappa shape index (κ2) is 10.3. The topological polar surface area (TPSA) is 291 Å². The van der Waals surface area contributed by atoms with E-state index in [4.69, 9.17) is 29.6 Å². The van der Waals surface area contributed by atoms with Crippen LogP contribution in [0.1, 0.15) is 26.3 Å². The molecule has 47 heavy (non-hydrogen) atoms. The Morgan fingerprint density at radius 1 is 1.15 bits per heavy atom. The van der Waals surface area contributed by atoms with Crippen molar-refractivity contribution in [3.8, 4) is 0 Å². The summed E-state index contributed by atoms with van der Waals surface area (Å²) >= 11 is 0. The summed E-state index contributed by atoms with van der Waals surface area (Å²) in [5, 5.41) is 23.3. The zero-order valence-electron chi connectivity index (χ0n) is 24.9. The van der Waals surface area contributed by atoms with Gasteiger partial charge in [-0.15, -0.1) is 9.05 Å². The van der Waals surface area contributed by atoms with Gasteiger partial charge in [0, 0.05) is 15.9 Å². The van der Waals surface area contributed by atoms with Crippen LogP contribution in [0, 0.1) is 23.2 Å². The molecule has 4 aliphatic rings. The molecular weight excluding hydrogens is 662 g/mol. The van der Waals surface area contributed by atoms with Crippen molar-refractivity contribution in [2.75, 3.05) is 24.7 Å². The monoisotopic (exact) mass is 693 g/mol. The van der Waals surface area contributed by atoms with E-state index >= 15 is 0 Å². The van der Waals surface area contributed by atoms with Crippen molar-refractivity contribution >= 4 is 50.2 Å². The Morgan fingerprint density at radius 2 is 1.91 bits per heavy atom. The molecule has 0 spiro atoms. The summed E-state index contributed by atoms with van der Waals surface area (Å²) in [6.45, 7) is 2.56. The highest BCUT2D eigenvalue weighted by Gasteiger charge is 2.75. The number of phosphoric acid groups is 1. The Hall–Kier alpha value is -3.45. The third-order valence-corrected chi connectivity index (χ3v) is 12.3. The van der Waals surface area contributed by atoms with Gasteiger partial charge >= 0.3 is 16.1 Å². The van der Waals surface area contributed by atoms with Gasteiger partial charge in [0.05, 0.1) is 30.8 Å². The van der Waals surface area contributed by atoms with Crippen LogP contribution >= 0.6 is 16.1 Å². The molecule has 4 aromatic rings. The number of phosphoric ester groups is 1. The fourth-order valence-electron chi connectivity index (χ4n) is 7.98. The minimum Gasteiger partial charge on any atom is -0.388 e. The normalized spacial score (nSPS) is 41.3. The number of aliphatic hydroxyl groups excluding tert-OH is 2. The first-order valence-electron chi connectivity index (χ1n) is 14.7. The highest BCUT2D eigenvalue weighted by Crippen LogP contribution is 2.67. The number of H-pyrrole nitrogens is 1. The lowest BCUT2D eigenvalue weighted by atomic mass is 9.79. The van der Waals surface area contributed by atoms with Crippen LogP contribution in [0.4, 0.5) is 11.8 Å². The number of aromatic amines is 1. The van der Waals surface area contributed by atoms with E-state index in [0.29, 0.717) is 17.6 Å². The maximum atomic E-state index is 13.5. The van der Waals surface area contributed by atoms with Crippen molar-refractivity contribution in [2.24, 2.45) is 23.2 Å². The van der Waals surface area contributed by atoms with E-state index in [9.17, 15) is 29.0 Å². The van der Waals surface area contributed by atoms with Crippen molar-refractivity contribution in [3.63, 3.8) is 0 Å². The first-order valence-corrected chi connectivity index (χ1v) is 17.3. The van der Waals surface area contributed by atoms with Crippen LogP contribution < -0.4 is 17.0 Å². The fourth-order valence-corrected chi connectivity index (χ4v) is 9.97. The Labute approximate surface area is 265 Å². The molecule has 8 N–H and O–H groups in total. The molecular formula is C25H31N10O10P2+. The molecule has 1 saturated heterocycles. The predicted octanol–water partition coefficient (Wildman–Crippen LogP) is -0.0372. The molecule has 2 unspecified atom stereocenters. The summed E-state index contributed by atoms with van der Waals surface area (Å²) in [5.41, 5.74) is 9.63. The number of anilines is 2. The summed E-state index contributed by atoms with van der Waals surface area (Å²) in [7, 11) is -7.77. The number of fused-ring (bicyclic) bond motifs is 6. The molecule has 5 heterocycles. The van der Waals surface area contributed by atoms with Gasteiger partial charge in [-0.1, -0.05) is 13.8 Å². The van der Waals surface area contributed by atoms with Gasteiger partial charge in [-0.3, -0.25) is 18.8 Å². The van der Waals surface area contributed by atoms with Crippen LogP contribution in [0.15, 0.2) is 23.8 Å². The molecule has 1 aliphatic heterocycles. The molecule has 4 aromatic heterocycles. The van der Waals surface area contributed by atoms with Crippen LogP contribution in [0.3, 0.4) is 0 Å². The zero-order chi connectivity index (χ0) is 33.2. The number of hydrogen-bond donors (Lipinski definition) is 6. The minimum atomic E-state index is -4.90. The van der Waals surface area contributed by atoms with Gasteiger partial charge in [0.15, 0.2) is 22.6 Å². The van der Waals surface area contributed by atoms with Crippen molar-refractivity contribution in [3.05, 3.63) is 29.3 Å². The van der Waals surface area contributed by atoms with Gasteiger partial charge in [-0.25, -0.2) is 24.5 Å². The van der Waals surface area contributed by atoms with Gasteiger partial charge in [-0.05, 0) is 18.3 Å². The lowest BCUT2D eigenvalue weighted by Crippen LogP contribution is -2.42. The number of nitrogens with one attached hydrogen (secondary N) is 1. The number of nitrogens with zero attached hydrogens (tertiary/aromatic N) is 7. The minimum absolute atomic E-state index is 0.0275. The zero-order valence-corrected chi connectivity index (χ0v) is 26.6. The summed E-state index contributed by atoms with van der Waals surface area (Å²) in [6, 6.07) is -0.910. The third kappa shape index (κ3) is 4.37. The van der Waals surface area contributed by atoms with Gasteiger partial charge in [-0.2, -0.15) is 4.98 Å². The number of nitrogen functional groups attached to an aromatic ring is 2.